The molecule has 20 heavy (non-hydrogen) atoms. The molecule has 0 saturated carbocycles. The SMILES string of the molecule is COc1ccc(CNC(=O)c2cccnc2)c(Cl)c1.Cl. The fourth-order valence-electron chi connectivity index (χ4n) is 1.57. The highest BCUT2D eigenvalue weighted by Gasteiger charge is 2.07. The Labute approximate surface area is 128 Å². The Bertz CT molecular complexity index is 577. The van der Waals surface area contributed by atoms with Crippen molar-refractivity contribution in [3.8, 4) is 5.75 Å². The van der Waals surface area contributed by atoms with E-state index in [0.717, 1.165) is 5.56 Å². The van der Waals surface area contributed by atoms with E-state index in [2.05, 4.69) is 10.3 Å². The summed E-state index contributed by atoms with van der Waals surface area (Å²) < 4.78 is 5.06. The van der Waals surface area contributed by atoms with Gasteiger partial charge in [0.25, 0.3) is 5.91 Å². The molecule has 0 aliphatic carbocycles. The quantitative estimate of drug-likeness (QED) is 0.943. The maximum atomic E-state index is 11.8. The first-order valence-electron chi connectivity index (χ1n) is 5.71. The smallest absolute Gasteiger partial charge is 0.253 e. The topological polar surface area (TPSA) is 51.2 Å². The van der Waals surface area contributed by atoms with E-state index in [9.17, 15) is 4.79 Å². The number of benzene rings is 1. The van der Waals surface area contributed by atoms with E-state index in [4.69, 9.17) is 16.3 Å². The van der Waals surface area contributed by atoms with Crippen molar-refractivity contribution >= 4 is 29.9 Å². The van der Waals surface area contributed by atoms with Crippen molar-refractivity contribution in [2.75, 3.05) is 7.11 Å². The highest BCUT2D eigenvalue weighted by atomic mass is 35.5. The third-order valence-electron chi connectivity index (χ3n) is 2.62. The molecule has 0 aliphatic heterocycles. The number of rotatable bonds is 4. The monoisotopic (exact) mass is 312 g/mol. The van der Waals surface area contributed by atoms with Crippen LogP contribution in [0.25, 0.3) is 0 Å². The van der Waals surface area contributed by atoms with Crippen molar-refractivity contribution in [3.05, 3.63) is 58.9 Å². The molecule has 1 aromatic carbocycles. The van der Waals surface area contributed by atoms with Gasteiger partial charge in [-0.1, -0.05) is 17.7 Å². The van der Waals surface area contributed by atoms with Gasteiger partial charge in [0.2, 0.25) is 0 Å². The van der Waals surface area contributed by atoms with Crippen molar-refractivity contribution in [3.63, 3.8) is 0 Å². The van der Waals surface area contributed by atoms with Crippen molar-refractivity contribution in [2.24, 2.45) is 0 Å². The van der Waals surface area contributed by atoms with E-state index >= 15 is 0 Å². The molecular weight excluding hydrogens is 299 g/mol. The number of aromatic nitrogens is 1. The van der Waals surface area contributed by atoms with E-state index < -0.39 is 0 Å². The third-order valence-corrected chi connectivity index (χ3v) is 2.98. The van der Waals surface area contributed by atoms with Gasteiger partial charge >= 0.3 is 0 Å². The molecule has 0 unspecified atom stereocenters. The summed E-state index contributed by atoms with van der Waals surface area (Å²) in [4.78, 5) is 15.7. The van der Waals surface area contributed by atoms with Crippen LogP contribution in [0.15, 0.2) is 42.7 Å². The van der Waals surface area contributed by atoms with Gasteiger partial charge in [-0.15, -0.1) is 12.4 Å². The molecule has 1 N–H and O–H groups in total. The van der Waals surface area contributed by atoms with Crippen LogP contribution in [-0.4, -0.2) is 18.0 Å². The van der Waals surface area contributed by atoms with Crippen molar-refractivity contribution in [2.45, 2.75) is 6.54 Å². The lowest BCUT2D eigenvalue weighted by Gasteiger charge is -2.08. The summed E-state index contributed by atoms with van der Waals surface area (Å²) in [5.41, 5.74) is 1.35. The Balaban J connectivity index is 0.00000200. The Hall–Kier alpha value is -1.78. The molecule has 0 spiro atoms. The second-order valence-electron chi connectivity index (χ2n) is 3.88. The van der Waals surface area contributed by atoms with E-state index in [-0.39, 0.29) is 18.3 Å². The number of ether oxygens (including phenoxy) is 1. The molecule has 0 radical (unpaired) electrons. The fourth-order valence-corrected chi connectivity index (χ4v) is 1.81. The molecule has 0 fully saturated rings. The second-order valence-corrected chi connectivity index (χ2v) is 4.29. The van der Waals surface area contributed by atoms with Gasteiger partial charge in [0.1, 0.15) is 5.75 Å². The molecule has 106 valence electrons. The molecular formula is C14H14Cl2N2O2. The Morgan fingerprint density at radius 1 is 1.40 bits per heavy atom. The molecule has 1 amide bonds. The molecule has 0 bridgehead atoms. The number of carbonyl (C=O) groups excluding carboxylic acids is 1. The van der Waals surface area contributed by atoms with Crippen molar-refractivity contribution in [1.82, 2.24) is 10.3 Å². The minimum absolute atomic E-state index is 0. The Morgan fingerprint density at radius 2 is 2.20 bits per heavy atom. The maximum Gasteiger partial charge on any atom is 0.253 e. The lowest BCUT2D eigenvalue weighted by molar-refractivity contribution is 0.0950. The highest BCUT2D eigenvalue weighted by Crippen LogP contribution is 2.22. The molecule has 2 rings (SSSR count). The average molecular weight is 313 g/mol. The van der Waals surface area contributed by atoms with E-state index in [1.165, 1.54) is 6.20 Å². The molecule has 0 aliphatic rings. The summed E-state index contributed by atoms with van der Waals surface area (Å²) in [7, 11) is 1.58. The van der Waals surface area contributed by atoms with Crippen LogP contribution in [0, 0.1) is 0 Å². The molecule has 1 aromatic heterocycles. The van der Waals surface area contributed by atoms with Gasteiger partial charge < -0.3 is 10.1 Å². The van der Waals surface area contributed by atoms with Crippen LogP contribution in [0.4, 0.5) is 0 Å². The summed E-state index contributed by atoms with van der Waals surface area (Å²) in [5, 5.41) is 3.35. The molecule has 0 saturated heterocycles. The van der Waals surface area contributed by atoms with Gasteiger partial charge in [-0.05, 0) is 29.8 Å². The number of halogens is 2. The van der Waals surface area contributed by atoms with Crippen molar-refractivity contribution in [1.29, 1.82) is 0 Å². The Morgan fingerprint density at radius 3 is 2.80 bits per heavy atom. The summed E-state index contributed by atoms with van der Waals surface area (Å²) in [6.45, 7) is 0.358. The first-order valence-corrected chi connectivity index (χ1v) is 6.09. The number of nitrogens with one attached hydrogen (secondary N) is 1. The van der Waals surface area contributed by atoms with Crippen molar-refractivity contribution < 1.29 is 9.53 Å². The number of hydrogen-bond donors (Lipinski definition) is 1. The number of amides is 1. The number of carbonyl (C=O) groups is 1. The summed E-state index contributed by atoms with van der Waals surface area (Å²) >= 11 is 6.09. The lowest BCUT2D eigenvalue weighted by Crippen LogP contribution is -2.23. The van der Waals surface area contributed by atoms with Crippen LogP contribution >= 0.6 is 24.0 Å². The number of methoxy groups -OCH3 is 1. The molecule has 2 aromatic rings. The fraction of sp³-hybridized carbons (Fsp3) is 0.143. The molecule has 6 heteroatoms. The number of hydrogen-bond acceptors (Lipinski definition) is 3. The highest BCUT2D eigenvalue weighted by molar-refractivity contribution is 6.31. The normalized spacial score (nSPS) is 9.50. The largest absolute Gasteiger partial charge is 0.497 e. The number of pyridine rings is 1. The molecule has 4 nitrogen and oxygen atoms in total. The number of nitrogens with zero attached hydrogens (tertiary/aromatic N) is 1. The van der Waals surface area contributed by atoms with Crippen LogP contribution in [0.1, 0.15) is 15.9 Å². The van der Waals surface area contributed by atoms with Gasteiger partial charge in [0, 0.05) is 24.0 Å². The van der Waals surface area contributed by atoms with Gasteiger partial charge in [-0.3, -0.25) is 9.78 Å². The minimum Gasteiger partial charge on any atom is -0.497 e. The zero-order chi connectivity index (χ0) is 13.7. The van der Waals surface area contributed by atoms with Crippen LogP contribution in [-0.2, 0) is 6.54 Å². The third kappa shape index (κ3) is 4.11. The van der Waals surface area contributed by atoms with E-state index in [1.807, 2.05) is 6.07 Å². The molecule has 0 atom stereocenters. The first kappa shape index (κ1) is 16.3. The van der Waals surface area contributed by atoms with Crippen LogP contribution < -0.4 is 10.1 Å². The summed E-state index contributed by atoms with van der Waals surface area (Å²) in [6.07, 6.45) is 3.14. The van der Waals surface area contributed by atoms with Gasteiger partial charge in [-0.2, -0.15) is 0 Å². The molecule has 1 heterocycles. The lowest BCUT2D eigenvalue weighted by atomic mass is 10.2. The second kappa shape index (κ2) is 7.72. The van der Waals surface area contributed by atoms with Gasteiger partial charge in [-0.25, -0.2) is 0 Å². The average Bonchev–Trinajstić information content (AvgIpc) is 2.46. The van der Waals surface area contributed by atoms with Crippen LogP contribution in [0.5, 0.6) is 5.75 Å². The predicted octanol–water partition coefficient (Wildman–Crippen LogP) is 3.10. The zero-order valence-electron chi connectivity index (χ0n) is 10.8. The Kier molecular flexibility index (Phi) is 6.28. The van der Waals surface area contributed by atoms with Crippen LogP contribution in [0.2, 0.25) is 5.02 Å². The van der Waals surface area contributed by atoms with Gasteiger partial charge in [0.15, 0.2) is 0 Å². The first-order chi connectivity index (χ1) is 9.20. The summed E-state index contributed by atoms with van der Waals surface area (Å²) in [5.74, 6) is 0.507. The van der Waals surface area contributed by atoms with E-state index in [1.54, 1.807) is 37.6 Å². The summed E-state index contributed by atoms with van der Waals surface area (Å²) in [6, 6.07) is 8.77. The zero-order valence-corrected chi connectivity index (χ0v) is 12.4. The standard InChI is InChI=1S/C14H13ClN2O2.ClH/c1-19-12-5-4-10(13(15)7-12)9-17-14(18)11-3-2-6-16-8-11;/h2-8H,9H2,1H3,(H,17,18);1H. The minimum atomic E-state index is -0.181. The predicted molar refractivity (Wildman–Crippen MR) is 80.7 cm³/mol. The van der Waals surface area contributed by atoms with Crippen LogP contribution in [0.3, 0.4) is 0 Å². The van der Waals surface area contributed by atoms with Gasteiger partial charge in [0.05, 0.1) is 12.7 Å². The maximum absolute atomic E-state index is 11.8. The van der Waals surface area contributed by atoms with E-state index in [0.29, 0.717) is 22.9 Å².